The summed E-state index contributed by atoms with van der Waals surface area (Å²) in [5.41, 5.74) is 1.76. The first kappa shape index (κ1) is 19.3. The van der Waals surface area contributed by atoms with Gasteiger partial charge in [0.1, 0.15) is 17.5 Å². The van der Waals surface area contributed by atoms with Gasteiger partial charge in [-0.3, -0.25) is 9.80 Å². The maximum Gasteiger partial charge on any atom is 0.126 e. The molecule has 150 valence electrons. The van der Waals surface area contributed by atoms with Crippen molar-refractivity contribution in [1.82, 2.24) is 9.80 Å². The molecule has 0 amide bonds. The molecule has 0 aliphatic carbocycles. The molecule has 2 aliphatic rings. The first-order valence-electron chi connectivity index (χ1n) is 9.99. The zero-order valence-electron chi connectivity index (χ0n) is 16.0. The van der Waals surface area contributed by atoms with Crippen molar-refractivity contribution in [3.8, 4) is 0 Å². The van der Waals surface area contributed by atoms with E-state index in [1.807, 2.05) is 12.1 Å². The second-order valence-electron chi connectivity index (χ2n) is 7.81. The minimum atomic E-state index is -0.513. The lowest BCUT2D eigenvalue weighted by molar-refractivity contribution is 0.0887. The normalized spacial score (nSPS) is 21.8. The average molecular weight is 389 g/mol. The number of hydrogen-bond donors (Lipinski definition) is 0. The molecule has 0 bridgehead atoms. The molecule has 28 heavy (non-hydrogen) atoms. The van der Waals surface area contributed by atoms with Gasteiger partial charge in [-0.25, -0.2) is 13.2 Å². The minimum Gasteiger partial charge on any atom is -0.369 e. The van der Waals surface area contributed by atoms with Crippen LogP contribution < -0.4 is 4.90 Å². The quantitative estimate of drug-likeness (QED) is 0.786. The number of benzene rings is 2. The molecule has 0 aromatic heterocycles. The third-order valence-electron chi connectivity index (χ3n) is 5.83. The van der Waals surface area contributed by atoms with E-state index in [0.29, 0.717) is 18.2 Å². The maximum absolute atomic E-state index is 13.5. The summed E-state index contributed by atoms with van der Waals surface area (Å²) in [5, 5.41) is 0. The standard InChI is InChI=1S/C22H26F3N3/c23-18-3-5-21(6-4-18)27-8-10-28(11-9-27)22-2-1-7-26(16-22)15-17-12-19(24)14-20(25)13-17/h3-6,12-14,22H,1-2,7-11,15-16H2/t22-/m0/s1. The fraction of sp³-hybridized carbons (Fsp3) is 0.455. The van der Waals surface area contributed by atoms with Crippen molar-refractivity contribution < 1.29 is 13.2 Å². The van der Waals surface area contributed by atoms with Crippen LogP contribution in [-0.2, 0) is 6.54 Å². The SMILES string of the molecule is Fc1ccc(N2CCN([C@H]3CCCN(Cc4cc(F)cc(F)c4)C3)CC2)cc1. The summed E-state index contributed by atoms with van der Waals surface area (Å²) < 4.78 is 40.0. The summed E-state index contributed by atoms with van der Waals surface area (Å²) >= 11 is 0. The van der Waals surface area contributed by atoms with Crippen LogP contribution >= 0.6 is 0 Å². The predicted molar refractivity (Wildman–Crippen MR) is 105 cm³/mol. The molecule has 2 aliphatic heterocycles. The van der Waals surface area contributed by atoms with Crippen LogP contribution in [0.25, 0.3) is 0 Å². The zero-order chi connectivity index (χ0) is 19.5. The number of likely N-dealkylation sites (tertiary alicyclic amines) is 1. The molecular formula is C22H26F3N3. The van der Waals surface area contributed by atoms with E-state index in [1.54, 1.807) is 0 Å². The van der Waals surface area contributed by atoms with Gasteiger partial charge in [-0.2, -0.15) is 0 Å². The fourth-order valence-corrected chi connectivity index (χ4v) is 4.43. The molecule has 2 saturated heterocycles. The summed E-state index contributed by atoms with van der Waals surface area (Å²) in [6.07, 6.45) is 2.26. The van der Waals surface area contributed by atoms with E-state index in [1.165, 1.54) is 24.3 Å². The van der Waals surface area contributed by atoms with Crippen LogP contribution in [0.3, 0.4) is 0 Å². The van der Waals surface area contributed by atoms with E-state index in [4.69, 9.17) is 0 Å². The van der Waals surface area contributed by atoms with Gasteiger partial charge >= 0.3 is 0 Å². The lowest BCUT2D eigenvalue weighted by atomic mass is 10.0. The molecule has 0 spiro atoms. The van der Waals surface area contributed by atoms with Crippen molar-refractivity contribution in [3.63, 3.8) is 0 Å². The summed E-state index contributed by atoms with van der Waals surface area (Å²) in [6, 6.07) is 10.9. The highest BCUT2D eigenvalue weighted by Gasteiger charge is 2.28. The van der Waals surface area contributed by atoms with Gasteiger partial charge < -0.3 is 4.90 Å². The van der Waals surface area contributed by atoms with Crippen molar-refractivity contribution in [2.45, 2.75) is 25.4 Å². The summed E-state index contributed by atoms with van der Waals surface area (Å²) in [5.74, 6) is -1.23. The molecule has 2 aromatic carbocycles. The van der Waals surface area contributed by atoms with Crippen LogP contribution in [0.2, 0.25) is 0 Å². The first-order valence-corrected chi connectivity index (χ1v) is 9.99. The third kappa shape index (κ3) is 4.67. The highest BCUT2D eigenvalue weighted by atomic mass is 19.1. The van der Waals surface area contributed by atoms with Gasteiger partial charge in [0.05, 0.1) is 0 Å². The second kappa shape index (κ2) is 8.53. The van der Waals surface area contributed by atoms with Crippen molar-refractivity contribution in [2.24, 2.45) is 0 Å². The minimum absolute atomic E-state index is 0.206. The first-order chi connectivity index (χ1) is 13.6. The van der Waals surface area contributed by atoms with Gasteiger partial charge in [-0.05, 0) is 61.3 Å². The lowest BCUT2D eigenvalue weighted by Gasteiger charge is -2.44. The third-order valence-corrected chi connectivity index (χ3v) is 5.83. The van der Waals surface area contributed by atoms with E-state index in [2.05, 4.69) is 14.7 Å². The maximum atomic E-state index is 13.5. The smallest absolute Gasteiger partial charge is 0.126 e. The van der Waals surface area contributed by atoms with Gasteiger partial charge in [0, 0.05) is 57.1 Å². The zero-order valence-corrected chi connectivity index (χ0v) is 16.0. The number of piperidine rings is 1. The molecule has 0 radical (unpaired) electrons. The van der Waals surface area contributed by atoms with E-state index in [-0.39, 0.29) is 5.82 Å². The van der Waals surface area contributed by atoms with Gasteiger partial charge in [-0.15, -0.1) is 0 Å². The predicted octanol–water partition coefficient (Wildman–Crippen LogP) is 3.89. The number of anilines is 1. The van der Waals surface area contributed by atoms with E-state index >= 15 is 0 Å². The van der Waals surface area contributed by atoms with Crippen LogP contribution in [0, 0.1) is 17.5 Å². The average Bonchev–Trinajstić information content (AvgIpc) is 2.68. The second-order valence-corrected chi connectivity index (χ2v) is 7.81. The summed E-state index contributed by atoms with van der Waals surface area (Å²) in [4.78, 5) is 7.12. The molecule has 0 N–H and O–H groups in total. The molecule has 6 heteroatoms. The van der Waals surface area contributed by atoms with Gasteiger partial charge in [-0.1, -0.05) is 0 Å². The number of rotatable bonds is 4. The fourth-order valence-electron chi connectivity index (χ4n) is 4.43. The Bertz CT molecular complexity index is 768. The Morgan fingerprint density at radius 1 is 0.786 bits per heavy atom. The van der Waals surface area contributed by atoms with Crippen LogP contribution in [0.5, 0.6) is 0 Å². The van der Waals surface area contributed by atoms with Crippen molar-refractivity contribution in [2.75, 3.05) is 44.2 Å². The Labute approximate surface area is 164 Å². The van der Waals surface area contributed by atoms with Gasteiger partial charge in [0.2, 0.25) is 0 Å². The molecule has 0 saturated carbocycles. The van der Waals surface area contributed by atoms with E-state index in [0.717, 1.165) is 63.9 Å². The Kier molecular flexibility index (Phi) is 5.87. The monoisotopic (exact) mass is 389 g/mol. The molecule has 3 nitrogen and oxygen atoms in total. The number of nitrogens with zero attached hydrogens (tertiary/aromatic N) is 3. The van der Waals surface area contributed by atoms with Crippen LogP contribution in [0.15, 0.2) is 42.5 Å². The molecule has 2 heterocycles. The Morgan fingerprint density at radius 2 is 1.46 bits per heavy atom. The highest BCUT2D eigenvalue weighted by molar-refractivity contribution is 5.46. The molecule has 1 atom stereocenters. The molecule has 0 unspecified atom stereocenters. The van der Waals surface area contributed by atoms with Gasteiger partial charge in [0.25, 0.3) is 0 Å². The summed E-state index contributed by atoms with van der Waals surface area (Å²) in [7, 11) is 0. The molecule has 4 rings (SSSR count). The largest absolute Gasteiger partial charge is 0.369 e. The number of halogens is 3. The number of hydrogen-bond acceptors (Lipinski definition) is 3. The summed E-state index contributed by atoms with van der Waals surface area (Å²) in [6.45, 7) is 6.28. The van der Waals surface area contributed by atoms with Crippen molar-refractivity contribution in [3.05, 3.63) is 65.5 Å². The van der Waals surface area contributed by atoms with Crippen LogP contribution in [0.4, 0.5) is 18.9 Å². The molecular weight excluding hydrogens is 363 g/mol. The Hall–Kier alpha value is -2.05. The Balaban J connectivity index is 1.32. The van der Waals surface area contributed by atoms with E-state index < -0.39 is 11.6 Å². The van der Waals surface area contributed by atoms with Crippen LogP contribution in [-0.4, -0.2) is 55.1 Å². The van der Waals surface area contributed by atoms with Crippen molar-refractivity contribution >= 4 is 5.69 Å². The number of piperazine rings is 1. The Morgan fingerprint density at radius 3 is 2.14 bits per heavy atom. The van der Waals surface area contributed by atoms with E-state index in [9.17, 15) is 13.2 Å². The highest BCUT2D eigenvalue weighted by Crippen LogP contribution is 2.22. The lowest BCUT2D eigenvalue weighted by Crippen LogP contribution is -2.55. The topological polar surface area (TPSA) is 9.72 Å². The molecule has 2 aromatic rings. The van der Waals surface area contributed by atoms with Gasteiger partial charge in [0.15, 0.2) is 0 Å². The molecule has 2 fully saturated rings. The van der Waals surface area contributed by atoms with Crippen LogP contribution in [0.1, 0.15) is 18.4 Å². The van der Waals surface area contributed by atoms with Crippen molar-refractivity contribution in [1.29, 1.82) is 0 Å².